The molecule has 0 unspecified atom stereocenters. The lowest BCUT2D eigenvalue weighted by atomic mass is 10.2. The van der Waals surface area contributed by atoms with Gasteiger partial charge in [-0.1, -0.05) is 0 Å². The van der Waals surface area contributed by atoms with Gasteiger partial charge in [-0.15, -0.1) is 0 Å². The molecular formula is C18H21N3O8. The highest BCUT2D eigenvalue weighted by Gasteiger charge is 2.31. The van der Waals surface area contributed by atoms with Crippen LogP contribution >= 0.6 is 0 Å². The Balaban J connectivity index is 0.000000321. The quantitative estimate of drug-likeness (QED) is 0.573. The third-order valence-electron chi connectivity index (χ3n) is 3.96. The first kappa shape index (κ1) is 21.9. The first-order valence-electron chi connectivity index (χ1n) is 8.62. The summed E-state index contributed by atoms with van der Waals surface area (Å²) >= 11 is 0. The van der Waals surface area contributed by atoms with Crippen LogP contribution in [0.5, 0.6) is 0 Å². The number of rotatable bonds is 5. The largest absolute Gasteiger partial charge is 0.478 e. The number of aliphatic carboxylic acids is 2. The Morgan fingerprint density at radius 2 is 1.62 bits per heavy atom. The van der Waals surface area contributed by atoms with E-state index in [9.17, 15) is 19.2 Å². The molecule has 1 aromatic rings. The molecule has 2 heterocycles. The maximum Gasteiger partial charge on any atom is 0.414 e. The van der Waals surface area contributed by atoms with Crippen molar-refractivity contribution in [3.63, 3.8) is 0 Å². The van der Waals surface area contributed by atoms with E-state index in [2.05, 4.69) is 0 Å². The molecular weight excluding hydrogens is 386 g/mol. The van der Waals surface area contributed by atoms with Crippen molar-refractivity contribution >= 4 is 35.3 Å². The number of cyclic esters (lactones) is 1. The number of nitrogens with two attached hydrogens (primary N) is 1. The smallest absolute Gasteiger partial charge is 0.414 e. The van der Waals surface area contributed by atoms with Gasteiger partial charge >= 0.3 is 18.0 Å². The summed E-state index contributed by atoms with van der Waals surface area (Å²) in [5.74, 6) is -2.57. The molecule has 2 aliphatic rings. The van der Waals surface area contributed by atoms with Crippen LogP contribution in [0.25, 0.3) is 0 Å². The summed E-state index contributed by atoms with van der Waals surface area (Å²) in [6.07, 6.45) is 0.462. The third-order valence-corrected chi connectivity index (χ3v) is 3.96. The molecule has 11 nitrogen and oxygen atoms in total. The zero-order valence-electron chi connectivity index (χ0n) is 15.4. The minimum Gasteiger partial charge on any atom is -0.478 e. The highest BCUT2D eigenvalue weighted by Crippen LogP contribution is 2.25. The molecule has 0 saturated carbocycles. The second-order valence-corrected chi connectivity index (χ2v) is 5.98. The first-order chi connectivity index (χ1) is 13.8. The topological polar surface area (TPSA) is 160 Å². The van der Waals surface area contributed by atoms with Gasteiger partial charge in [0.05, 0.1) is 13.2 Å². The van der Waals surface area contributed by atoms with E-state index in [0.29, 0.717) is 38.4 Å². The van der Waals surface area contributed by atoms with E-state index in [1.54, 1.807) is 21.9 Å². The number of hydrogen-bond donors (Lipinski definition) is 3. The summed E-state index contributed by atoms with van der Waals surface area (Å²) in [7, 11) is 0. The molecule has 2 amide bonds. The van der Waals surface area contributed by atoms with E-state index in [1.165, 1.54) is 0 Å². The second-order valence-electron chi connectivity index (χ2n) is 5.98. The lowest BCUT2D eigenvalue weighted by Crippen LogP contribution is -2.41. The standard InChI is InChI=1S/C14H17N3O4.C4H4O4/c15-7-12-8-17(14(19)21-12)11-3-1-10(2-4-11)16-5-6-20-9-13(16)18;5-3(6)1-2-4(7)8/h1-4,12H,5-9,15H2;1-2H,(H,5,6)(H,7,8)/b;2-1-/t12-;/m0./s1. The van der Waals surface area contributed by atoms with Crippen LogP contribution in [-0.2, 0) is 23.9 Å². The number of amides is 2. The Kier molecular flexibility index (Phi) is 7.69. The van der Waals surface area contributed by atoms with Gasteiger partial charge in [0.1, 0.15) is 12.7 Å². The molecule has 0 bridgehead atoms. The molecule has 0 aliphatic carbocycles. The molecule has 11 heteroatoms. The monoisotopic (exact) mass is 407 g/mol. The van der Waals surface area contributed by atoms with Gasteiger partial charge in [0.2, 0.25) is 0 Å². The van der Waals surface area contributed by atoms with E-state index in [1.807, 2.05) is 12.1 Å². The number of carbonyl (C=O) groups excluding carboxylic acids is 2. The van der Waals surface area contributed by atoms with Crippen LogP contribution < -0.4 is 15.5 Å². The number of benzene rings is 1. The summed E-state index contributed by atoms with van der Waals surface area (Å²) in [5.41, 5.74) is 7.05. The van der Waals surface area contributed by atoms with Crippen molar-refractivity contribution in [2.45, 2.75) is 6.10 Å². The molecule has 3 rings (SSSR count). The fourth-order valence-corrected chi connectivity index (χ4v) is 2.60. The Labute approximate surface area is 165 Å². The number of ether oxygens (including phenoxy) is 2. The van der Waals surface area contributed by atoms with Crippen LogP contribution in [0.1, 0.15) is 0 Å². The summed E-state index contributed by atoms with van der Waals surface area (Å²) in [6, 6.07) is 7.25. The van der Waals surface area contributed by atoms with Crippen LogP contribution in [-0.4, -0.2) is 73.1 Å². The van der Waals surface area contributed by atoms with Crippen molar-refractivity contribution in [3.05, 3.63) is 36.4 Å². The number of hydrogen-bond acceptors (Lipinski definition) is 7. The van der Waals surface area contributed by atoms with E-state index in [4.69, 9.17) is 25.4 Å². The van der Waals surface area contributed by atoms with Gasteiger partial charge in [-0.05, 0) is 24.3 Å². The van der Waals surface area contributed by atoms with Crippen molar-refractivity contribution in [1.29, 1.82) is 0 Å². The number of carbonyl (C=O) groups is 4. The van der Waals surface area contributed by atoms with Crippen LogP contribution in [0.4, 0.5) is 16.2 Å². The lowest BCUT2D eigenvalue weighted by Gasteiger charge is -2.27. The number of nitrogens with zero attached hydrogens (tertiary/aromatic N) is 2. The second kappa shape index (κ2) is 10.2. The van der Waals surface area contributed by atoms with Gasteiger partial charge in [-0.25, -0.2) is 14.4 Å². The average molecular weight is 407 g/mol. The van der Waals surface area contributed by atoms with Gasteiger partial charge in [-0.3, -0.25) is 9.69 Å². The summed E-state index contributed by atoms with van der Waals surface area (Å²) in [5, 5.41) is 15.6. The predicted molar refractivity (Wildman–Crippen MR) is 101 cm³/mol. The highest BCUT2D eigenvalue weighted by molar-refractivity contribution is 5.95. The van der Waals surface area contributed by atoms with Crippen LogP contribution in [0.3, 0.4) is 0 Å². The Hall–Kier alpha value is -3.44. The SMILES string of the molecule is NC[C@H]1CN(c2ccc(N3CCOCC3=O)cc2)C(=O)O1.O=C(O)/C=C\C(=O)O. The van der Waals surface area contributed by atoms with Gasteiger partial charge in [0.25, 0.3) is 5.91 Å². The molecule has 156 valence electrons. The van der Waals surface area contributed by atoms with Gasteiger partial charge < -0.3 is 30.3 Å². The third kappa shape index (κ3) is 6.30. The highest BCUT2D eigenvalue weighted by atomic mass is 16.6. The molecule has 0 radical (unpaired) electrons. The molecule has 1 aromatic carbocycles. The van der Waals surface area contributed by atoms with Crippen molar-refractivity contribution < 1.29 is 38.9 Å². The fourth-order valence-electron chi connectivity index (χ4n) is 2.60. The molecule has 2 saturated heterocycles. The first-order valence-corrected chi connectivity index (χ1v) is 8.62. The number of carboxylic acids is 2. The Bertz CT molecular complexity index is 777. The van der Waals surface area contributed by atoms with Crippen LogP contribution in [0, 0.1) is 0 Å². The molecule has 0 spiro atoms. The lowest BCUT2D eigenvalue weighted by molar-refractivity contribution is -0.134. The Morgan fingerprint density at radius 3 is 2.07 bits per heavy atom. The minimum absolute atomic E-state index is 0.0576. The summed E-state index contributed by atoms with van der Waals surface area (Å²) in [6.45, 7) is 1.94. The van der Waals surface area contributed by atoms with Gasteiger partial charge in [-0.2, -0.15) is 0 Å². The van der Waals surface area contributed by atoms with Crippen molar-refractivity contribution in [1.82, 2.24) is 0 Å². The zero-order chi connectivity index (χ0) is 21.4. The van der Waals surface area contributed by atoms with E-state index >= 15 is 0 Å². The normalized spacial score (nSPS) is 19.0. The van der Waals surface area contributed by atoms with Gasteiger partial charge in [0, 0.05) is 36.6 Å². The van der Waals surface area contributed by atoms with E-state index in [0.717, 1.165) is 11.4 Å². The predicted octanol–water partition coefficient (Wildman–Crippen LogP) is 0.0455. The van der Waals surface area contributed by atoms with Crippen molar-refractivity contribution in [2.75, 3.05) is 42.6 Å². The number of anilines is 2. The Morgan fingerprint density at radius 1 is 1.07 bits per heavy atom. The molecule has 2 fully saturated rings. The average Bonchev–Trinajstić information content (AvgIpc) is 3.08. The van der Waals surface area contributed by atoms with Crippen molar-refractivity contribution in [2.24, 2.45) is 5.73 Å². The van der Waals surface area contributed by atoms with E-state index < -0.39 is 11.9 Å². The summed E-state index contributed by atoms with van der Waals surface area (Å²) in [4.78, 5) is 45.9. The summed E-state index contributed by atoms with van der Waals surface area (Å²) < 4.78 is 10.2. The molecule has 4 N–H and O–H groups in total. The number of morpholine rings is 1. The molecule has 29 heavy (non-hydrogen) atoms. The number of carboxylic acid groups (broad SMARTS) is 2. The maximum absolute atomic E-state index is 11.8. The minimum atomic E-state index is -1.26. The van der Waals surface area contributed by atoms with Crippen LogP contribution in [0.2, 0.25) is 0 Å². The maximum atomic E-state index is 11.8. The molecule has 1 atom stereocenters. The van der Waals surface area contributed by atoms with Crippen LogP contribution in [0.15, 0.2) is 36.4 Å². The fraction of sp³-hybridized carbons (Fsp3) is 0.333. The van der Waals surface area contributed by atoms with E-state index in [-0.39, 0.29) is 24.7 Å². The zero-order valence-corrected chi connectivity index (χ0v) is 15.4. The molecule has 2 aliphatic heterocycles. The van der Waals surface area contributed by atoms with Gasteiger partial charge in [0.15, 0.2) is 0 Å². The van der Waals surface area contributed by atoms with Crippen molar-refractivity contribution in [3.8, 4) is 0 Å². The molecule has 0 aromatic heterocycles.